The smallest absolute Gasteiger partial charge is 0.170 e. The number of benzene rings is 1. The van der Waals surface area contributed by atoms with Crippen molar-refractivity contribution in [3.8, 4) is 11.5 Å². The molecule has 0 aromatic heterocycles. The van der Waals surface area contributed by atoms with E-state index in [-0.39, 0.29) is 5.70 Å². The molecule has 0 bridgehead atoms. The highest BCUT2D eigenvalue weighted by Gasteiger charge is 2.08. The van der Waals surface area contributed by atoms with E-state index >= 15 is 0 Å². The normalized spacial score (nSPS) is 12.3. The molecule has 0 unspecified atom stereocenters. The molecule has 0 heterocycles. The first-order valence-corrected chi connectivity index (χ1v) is 7.31. The monoisotopic (exact) mass is 271 g/mol. The molecule has 100 valence electrons. The molecule has 5 nitrogen and oxygen atoms in total. The lowest BCUT2D eigenvalue weighted by molar-refractivity contribution is 0.311. The molecule has 0 saturated heterocycles. The Morgan fingerprint density at radius 1 is 1.39 bits per heavy atom. The van der Waals surface area contributed by atoms with Gasteiger partial charge in [-0.15, -0.1) is 0 Å². The highest BCUT2D eigenvalue weighted by Crippen LogP contribution is 2.29. The van der Waals surface area contributed by atoms with Crippen molar-refractivity contribution >= 4 is 15.5 Å². The number of hydrogen-bond acceptors (Lipinski definition) is 5. The van der Waals surface area contributed by atoms with Gasteiger partial charge in [0.1, 0.15) is 0 Å². The second-order valence-electron chi connectivity index (χ2n) is 3.70. The molecule has 0 atom stereocenters. The molecule has 1 aromatic rings. The maximum Gasteiger partial charge on any atom is 0.170 e. The van der Waals surface area contributed by atoms with Gasteiger partial charge >= 0.3 is 0 Å². The van der Waals surface area contributed by atoms with Crippen LogP contribution < -0.4 is 15.2 Å². The summed E-state index contributed by atoms with van der Waals surface area (Å²) in [7, 11) is -1.74. The Hall–Kier alpha value is -1.69. The van der Waals surface area contributed by atoms with Crippen molar-refractivity contribution in [1.82, 2.24) is 0 Å². The molecule has 0 aliphatic heterocycles. The van der Waals surface area contributed by atoms with Crippen molar-refractivity contribution in [2.24, 2.45) is 5.73 Å². The van der Waals surface area contributed by atoms with Gasteiger partial charge in [0.2, 0.25) is 0 Å². The zero-order valence-corrected chi connectivity index (χ0v) is 11.5. The lowest BCUT2D eigenvalue weighted by Gasteiger charge is -2.11. The Morgan fingerprint density at radius 3 is 2.56 bits per heavy atom. The summed E-state index contributed by atoms with van der Waals surface area (Å²) in [5.41, 5.74) is 6.46. The quantitative estimate of drug-likeness (QED) is 0.875. The molecule has 0 spiro atoms. The molecule has 0 aliphatic carbocycles. The fourth-order valence-electron chi connectivity index (χ4n) is 1.42. The standard InChI is InChI=1S/C12H17NO4S/c1-4-17-12-7-9(5-6-11(12)16-2)10(13)8-18(3,14)15/h5-8H,4,13H2,1-3H3/b10-8+. The van der Waals surface area contributed by atoms with Crippen LogP contribution in [0.15, 0.2) is 23.6 Å². The van der Waals surface area contributed by atoms with Crippen LogP contribution in [0.3, 0.4) is 0 Å². The summed E-state index contributed by atoms with van der Waals surface area (Å²) in [5.74, 6) is 1.11. The molecule has 0 amide bonds. The highest BCUT2D eigenvalue weighted by atomic mass is 32.2. The third kappa shape index (κ3) is 3.96. The molecular weight excluding hydrogens is 254 g/mol. The number of rotatable bonds is 5. The topological polar surface area (TPSA) is 78.6 Å². The molecule has 18 heavy (non-hydrogen) atoms. The van der Waals surface area contributed by atoms with Crippen molar-refractivity contribution in [2.45, 2.75) is 6.92 Å². The van der Waals surface area contributed by atoms with Gasteiger partial charge in [0.15, 0.2) is 21.3 Å². The maximum absolute atomic E-state index is 11.1. The summed E-state index contributed by atoms with van der Waals surface area (Å²) in [6.07, 6.45) is 1.09. The predicted molar refractivity (Wildman–Crippen MR) is 71.2 cm³/mol. The minimum Gasteiger partial charge on any atom is -0.493 e. The fourth-order valence-corrected chi connectivity index (χ4v) is 2.02. The van der Waals surface area contributed by atoms with E-state index in [1.54, 1.807) is 18.2 Å². The maximum atomic E-state index is 11.1. The highest BCUT2D eigenvalue weighted by molar-refractivity contribution is 7.93. The summed E-state index contributed by atoms with van der Waals surface area (Å²) < 4.78 is 32.8. The van der Waals surface area contributed by atoms with Crippen molar-refractivity contribution in [1.29, 1.82) is 0 Å². The molecule has 0 radical (unpaired) electrons. The van der Waals surface area contributed by atoms with Gasteiger partial charge < -0.3 is 15.2 Å². The van der Waals surface area contributed by atoms with Gasteiger partial charge in [-0.2, -0.15) is 0 Å². The zero-order valence-electron chi connectivity index (χ0n) is 10.6. The molecule has 2 N–H and O–H groups in total. The lowest BCUT2D eigenvalue weighted by atomic mass is 10.1. The second kappa shape index (κ2) is 5.77. The van der Waals surface area contributed by atoms with Crippen LogP contribution in [0.2, 0.25) is 0 Å². The zero-order chi connectivity index (χ0) is 13.8. The molecule has 0 fully saturated rings. The van der Waals surface area contributed by atoms with Crippen LogP contribution in [0.25, 0.3) is 5.70 Å². The Labute approximate surface area is 107 Å². The van der Waals surface area contributed by atoms with Crippen LogP contribution in [0.1, 0.15) is 12.5 Å². The second-order valence-corrected chi connectivity index (χ2v) is 5.60. The third-order valence-corrected chi connectivity index (χ3v) is 2.82. The van der Waals surface area contributed by atoms with Gasteiger partial charge in [-0.3, -0.25) is 0 Å². The average molecular weight is 271 g/mol. The van der Waals surface area contributed by atoms with Gasteiger partial charge in [-0.25, -0.2) is 8.42 Å². The Morgan fingerprint density at radius 2 is 2.06 bits per heavy atom. The van der Waals surface area contributed by atoms with Gasteiger partial charge in [0.05, 0.1) is 24.8 Å². The largest absolute Gasteiger partial charge is 0.493 e. The molecule has 0 aliphatic rings. The average Bonchev–Trinajstić information content (AvgIpc) is 2.27. The molecule has 1 rings (SSSR count). The number of sulfone groups is 1. The first-order chi connectivity index (χ1) is 8.37. The van der Waals surface area contributed by atoms with Crippen LogP contribution in [0.5, 0.6) is 11.5 Å². The van der Waals surface area contributed by atoms with E-state index in [0.29, 0.717) is 23.7 Å². The summed E-state index contributed by atoms with van der Waals surface area (Å²) in [6.45, 7) is 2.33. The van der Waals surface area contributed by atoms with E-state index in [1.165, 1.54) is 7.11 Å². The minimum atomic E-state index is -3.27. The minimum absolute atomic E-state index is 0.168. The van der Waals surface area contributed by atoms with Crippen LogP contribution in [-0.4, -0.2) is 28.4 Å². The van der Waals surface area contributed by atoms with Crippen LogP contribution in [0.4, 0.5) is 0 Å². The van der Waals surface area contributed by atoms with Gasteiger partial charge in [0, 0.05) is 11.8 Å². The Bertz CT molecular complexity index is 549. The van der Waals surface area contributed by atoms with Crippen molar-refractivity contribution in [3.63, 3.8) is 0 Å². The number of hydrogen-bond donors (Lipinski definition) is 1. The SMILES string of the molecule is CCOc1cc(/C(N)=C\S(C)(=O)=O)ccc1OC. The summed E-state index contributed by atoms with van der Waals surface area (Å²) in [5, 5.41) is 1.02. The van der Waals surface area contributed by atoms with Gasteiger partial charge in [-0.05, 0) is 25.1 Å². The van der Waals surface area contributed by atoms with Crippen LogP contribution in [0, 0.1) is 0 Å². The first kappa shape index (κ1) is 14.4. The summed E-state index contributed by atoms with van der Waals surface area (Å²) in [4.78, 5) is 0. The molecular formula is C12H17NO4S. The first-order valence-electron chi connectivity index (χ1n) is 5.35. The Kier molecular flexibility index (Phi) is 4.61. The van der Waals surface area contributed by atoms with E-state index in [9.17, 15) is 8.42 Å². The van der Waals surface area contributed by atoms with Crippen molar-refractivity contribution in [2.75, 3.05) is 20.0 Å². The van der Waals surface area contributed by atoms with Crippen molar-refractivity contribution < 1.29 is 17.9 Å². The van der Waals surface area contributed by atoms with Crippen LogP contribution in [-0.2, 0) is 9.84 Å². The molecule has 6 heteroatoms. The van der Waals surface area contributed by atoms with Gasteiger partial charge in [-0.1, -0.05) is 0 Å². The van der Waals surface area contributed by atoms with E-state index in [2.05, 4.69) is 0 Å². The summed E-state index contributed by atoms with van der Waals surface area (Å²) in [6, 6.07) is 5.01. The predicted octanol–water partition coefficient (Wildman–Crippen LogP) is 1.40. The fraction of sp³-hybridized carbons (Fsp3) is 0.333. The van der Waals surface area contributed by atoms with E-state index in [0.717, 1.165) is 11.7 Å². The van der Waals surface area contributed by atoms with E-state index in [4.69, 9.17) is 15.2 Å². The summed E-state index contributed by atoms with van der Waals surface area (Å²) >= 11 is 0. The van der Waals surface area contributed by atoms with Crippen molar-refractivity contribution in [3.05, 3.63) is 29.2 Å². The lowest BCUT2D eigenvalue weighted by Crippen LogP contribution is -2.02. The van der Waals surface area contributed by atoms with E-state index < -0.39 is 9.84 Å². The molecule has 0 saturated carbocycles. The van der Waals surface area contributed by atoms with E-state index in [1.807, 2.05) is 6.92 Å². The number of ether oxygens (including phenoxy) is 2. The van der Waals surface area contributed by atoms with Crippen LogP contribution >= 0.6 is 0 Å². The molecule has 1 aromatic carbocycles. The Balaban J connectivity index is 3.19. The third-order valence-electron chi connectivity index (χ3n) is 2.14. The number of methoxy groups -OCH3 is 1. The van der Waals surface area contributed by atoms with Gasteiger partial charge in [0.25, 0.3) is 0 Å². The number of nitrogens with two attached hydrogens (primary N) is 1.